The van der Waals surface area contributed by atoms with E-state index >= 15 is 0 Å². The zero-order valence-corrected chi connectivity index (χ0v) is 18.2. The van der Waals surface area contributed by atoms with E-state index in [4.69, 9.17) is 0 Å². The molecular formula is C26H23FN4O. The number of ketones is 1. The van der Waals surface area contributed by atoms with Gasteiger partial charge in [-0.15, -0.1) is 0 Å². The van der Waals surface area contributed by atoms with Crippen LogP contribution in [0.4, 0.5) is 4.39 Å². The van der Waals surface area contributed by atoms with Gasteiger partial charge in [0.1, 0.15) is 5.82 Å². The van der Waals surface area contributed by atoms with Crippen molar-refractivity contribution in [1.82, 2.24) is 19.7 Å². The van der Waals surface area contributed by atoms with Crippen LogP contribution in [-0.4, -0.2) is 25.5 Å². The van der Waals surface area contributed by atoms with Crippen molar-refractivity contribution in [1.29, 1.82) is 0 Å². The van der Waals surface area contributed by atoms with Gasteiger partial charge in [-0.05, 0) is 42.2 Å². The number of hydrogen-bond donors (Lipinski definition) is 0. The number of aromatic nitrogens is 4. The zero-order chi connectivity index (χ0) is 22.7. The summed E-state index contributed by atoms with van der Waals surface area (Å²) in [5.74, 6) is -0.682. The molecule has 160 valence electrons. The van der Waals surface area contributed by atoms with Crippen molar-refractivity contribution in [2.45, 2.75) is 20.3 Å². The predicted octanol–water partition coefficient (Wildman–Crippen LogP) is 5.20. The lowest BCUT2D eigenvalue weighted by atomic mass is 9.96. The summed E-state index contributed by atoms with van der Waals surface area (Å²) in [4.78, 5) is 20.8. The van der Waals surface area contributed by atoms with E-state index in [1.807, 2.05) is 44.6 Å². The Morgan fingerprint density at radius 1 is 1.00 bits per heavy atom. The summed E-state index contributed by atoms with van der Waals surface area (Å²) < 4.78 is 15.5. The third kappa shape index (κ3) is 4.39. The molecule has 0 N–H and O–H groups in total. The Kier molecular flexibility index (Phi) is 6.03. The molecule has 0 unspecified atom stereocenters. The molecule has 5 nitrogen and oxygen atoms in total. The van der Waals surface area contributed by atoms with E-state index in [9.17, 15) is 9.18 Å². The first-order valence-corrected chi connectivity index (χ1v) is 10.3. The molecule has 0 saturated carbocycles. The minimum atomic E-state index is -0.480. The average Bonchev–Trinajstić information content (AvgIpc) is 3.24. The molecule has 0 amide bonds. The van der Waals surface area contributed by atoms with Gasteiger partial charge in [0.2, 0.25) is 0 Å². The summed E-state index contributed by atoms with van der Waals surface area (Å²) in [6.07, 6.45) is 10.3. The summed E-state index contributed by atoms with van der Waals surface area (Å²) in [7, 11) is 1.90. The number of nitrogens with zero attached hydrogens (tertiary/aromatic N) is 4. The number of allylic oxidation sites excluding steroid dienone is 1. The fraction of sp³-hybridized carbons (Fsp3) is 0.154. The van der Waals surface area contributed by atoms with Crippen LogP contribution >= 0.6 is 0 Å². The maximum atomic E-state index is 13.7. The molecule has 3 heterocycles. The van der Waals surface area contributed by atoms with Crippen molar-refractivity contribution in [2.24, 2.45) is 7.05 Å². The second-order valence-electron chi connectivity index (χ2n) is 7.61. The highest BCUT2D eigenvalue weighted by Gasteiger charge is 2.14. The summed E-state index contributed by atoms with van der Waals surface area (Å²) in [5.41, 5.74) is 6.50. The van der Waals surface area contributed by atoms with Crippen LogP contribution in [0.25, 0.3) is 16.7 Å². The van der Waals surface area contributed by atoms with Crippen LogP contribution in [0.3, 0.4) is 0 Å². The van der Waals surface area contributed by atoms with Crippen molar-refractivity contribution in [3.8, 4) is 11.1 Å². The number of carbonyl (C=O) groups excluding carboxylic acids is 1. The minimum Gasteiger partial charge on any atom is -0.294 e. The molecular weight excluding hydrogens is 403 g/mol. The molecule has 4 rings (SSSR count). The summed E-state index contributed by atoms with van der Waals surface area (Å²) in [6.45, 7) is 3.57. The molecule has 6 heteroatoms. The zero-order valence-electron chi connectivity index (χ0n) is 18.2. The molecule has 3 aromatic heterocycles. The Hall–Kier alpha value is -3.93. The van der Waals surface area contributed by atoms with Crippen molar-refractivity contribution in [2.75, 3.05) is 0 Å². The van der Waals surface area contributed by atoms with E-state index in [1.165, 1.54) is 6.20 Å². The third-order valence-electron chi connectivity index (χ3n) is 5.45. The Balaban J connectivity index is 1.51. The Morgan fingerprint density at radius 3 is 2.38 bits per heavy atom. The first-order valence-electron chi connectivity index (χ1n) is 10.3. The summed E-state index contributed by atoms with van der Waals surface area (Å²) in [5, 5.41) is 4.22. The largest absolute Gasteiger partial charge is 0.294 e. The first kappa shape index (κ1) is 21.3. The Bertz CT molecular complexity index is 1290. The lowest BCUT2D eigenvalue weighted by Crippen LogP contribution is -2.09. The van der Waals surface area contributed by atoms with Gasteiger partial charge in [0.05, 0.1) is 18.8 Å². The molecule has 0 fully saturated rings. The van der Waals surface area contributed by atoms with E-state index < -0.39 is 5.82 Å². The van der Waals surface area contributed by atoms with Crippen LogP contribution in [0.5, 0.6) is 0 Å². The topological polar surface area (TPSA) is 60.7 Å². The fourth-order valence-electron chi connectivity index (χ4n) is 3.64. The van der Waals surface area contributed by atoms with Crippen LogP contribution < -0.4 is 0 Å². The third-order valence-corrected chi connectivity index (χ3v) is 5.45. The number of pyridine rings is 2. The highest BCUT2D eigenvalue weighted by Crippen LogP contribution is 2.26. The van der Waals surface area contributed by atoms with Crippen molar-refractivity contribution in [3.63, 3.8) is 0 Å². The number of benzene rings is 1. The molecule has 0 bridgehead atoms. The quantitative estimate of drug-likeness (QED) is 0.398. The van der Waals surface area contributed by atoms with Gasteiger partial charge in [0, 0.05) is 48.0 Å². The van der Waals surface area contributed by atoms with Gasteiger partial charge >= 0.3 is 0 Å². The second kappa shape index (κ2) is 9.06. The smallest absolute Gasteiger partial charge is 0.170 e. The highest BCUT2D eigenvalue weighted by molar-refractivity contribution is 5.98. The monoisotopic (exact) mass is 426 g/mol. The lowest BCUT2D eigenvalue weighted by molar-refractivity contribution is 0.0990. The first-order chi connectivity index (χ1) is 15.5. The molecule has 0 aliphatic carbocycles. The van der Waals surface area contributed by atoms with Gasteiger partial charge in [0.15, 0.2) is 5.78 Å². The second-order valence-corrected chi connectivity index (χ2v) is 7.61. The van der Waals surface area contributed by atoms with Gasteiger partial charge in [-0.3, -0.25) is 19.4 Å². The molecule has 32 heavy (non-hydrogen) atoms. The predicted molar refractivity (Wildman–Crippen MR) is 123 cm³/mol. The summed E-state index contributed by atoms with van der Waals surface area (Å²) in [6, 6.07) is 12.1. The molecule has 0 aliphatic heterocycles. The van der Waals surface area contributed by atoms with Crippen molar-refractivity contribution < 1.29 is 9.18 Å². The van der Waals surface area contributed by atoms with Gasteiger partial charge in [0.25, 0.3) is 0 Å². The van der Waals surface area contributed by atoms with E-state index in [2.05, 4.69) is 39.3 Å². The highest BCUT2D eigenvalue weighted by atomic mass is 19.1. The Morgan fingerprint density at radius 2 is 1.75 bits per heavy atom. The maximum absolute atomic E-state index is 13.7. The SMILES string of the molecule is C/C=C(/c1ccc(-c2cnn(C)c2)cc1)c1ccc(CC(=O)c2cncc(F)c2C)nc1. The van der Waals surface area contributed by atoms with Crippen LogP contribution in [0, 0.1) is 12.7 Å². The van der Waals surface area contributed by atoms with Crippen LogP contribution in [0.15, 0.2) is 73.5 Å². The maximum Gasteiger partial charge on any atom is 0.170 e. The number of hydrogen-bond acceptors (Lipinski definition) is 4. The molecule has 0 radical (unpaired) electrons. The molecule has 0 saturated heterocycles. The lowest BCUT2D eigenvalue weighted by Gasteiger charge is -2.10. The normalized spacial score (nSPS) is 11.6. The number of aryl methyl sites for hydroxylation is 1. The number of rotatable bonds is 6. The van der Waals surface area contributed by atoms with Gasteiger partial charge in [-0.1, -0.05) is 36.4 Å². The van der Waals surface area contributed by atoms with Crippen LogP contribution in [0.1, 0.15) is 39.7 Å². The van der Waals surface area contributed by atoms with Crippen LogP contribution in [0.2, 0.25) is 0 Å². The molecule has 4 aromatic rings. The van der Waals surface area contributed by atoms with Gasteiger partial charge < -0.3 is 0 Å². The van der Waals surface area contributed by atoms with E-state index in [1.54, 1.807) is 17.8 Å². The number of halogens is 1. The van der Waals surface area contributed by atoms with Gasteiger partial charge in [-0.25, -0.2) is 4.39 Å². The standard InChI is InChI=1S/C26H23FN4O/c1-4-23(19-7-5-18(6-8-19)21-13-30-31(3)16-21)20-9-10-22(29-12-20)11-26(32)24-14-28-15-25(27)17(24)2/h4-10,12-16H,11H2,1-3H3/b23-4-. The minimum absolute atomic E-state index is 0.0945. The number of carbonyl (C=O) groups is 1. The Labute approximate surface area is 186 Å². The van der Waals surface area contributed by atoms with Crippen molar-refractivity contribution >= 4 is 11.4 Å². The van der Waals surface area contributed by atoms with E-state index in [0.29, 0.717) is 16.8 Å². The van der Waals surface area contributed by atoms with E-state index in [-0.39, 0.29) is 12.2 Å². The van der Waals surface area contributed by atoms with Crippen molar-refractivity contribution in [3.05, 3.63) is 107 Å². The van der Waals surface area contributed by atoms with Crippen LogP contribution in [-0.2, 0) is 13.5 Å². The molecule has 0 atom stereocenters. The summed E-state index contributed by atoms with van der Waals surface area (Å²) >= 11 is 0. The molecule has 0 aliphatic rings. The van der Waals surface area contributed by atoms with E-state index in [0.717, 1.165) is 34.0 Å². The number of Topliss-reactive ketones (excluding diaryl/α,β-unsaturated/α-hetero) is 1. The molecule has 1 aromatic carbocycles. The average molecular weight is 426 g/mol. The molecule has 0 spiro atoms. The van der Waals surface area contributed by atoms with Gasteiger partial charge in [-0.2, -0.15) is 5.10 Å². The fourth-order valence-corrected chi connectivity index (χ4v) is 3.64.